The van der Waals surface area contributed by atoms with Crippen molar-refractivity contribution in [2.75, 3.05) is 38.2 Å². The fourth-order valence-corrected chi connectivity index (χ4v) is 4.41. The second-order valence-corrected chi connectivity index (χ2v) is 8.36. The summed E-state index contributed by atoms with van der Waals surface area (Å²) in [5.41, 5.74) is 3.33. The number of aromatic nitrogens is 1. The fourth-order valence-electron chi connectivity index (χ4n) is 4.41. The number of para-hydroxylation sites is 2. The number of likely N-dealkylation sites (tertiary alicyclic amines) is 1. The summed E-state index contributed by atoms with van der Waals surface area (Å²) in [6.45, 7) is 4.87. The summed E-state index contributed by atoms with van der Waals surface area (Å²) < 4.78 is 11.3. The monoisotopic (exact) mass is 405 g/mol. The highest BCUT2D eigenvalue weighted by molar-refractivity contribution is 5.92. The van der Waals surface area contributed by atoms with Crippen LogP contribution in [0.25, 0.3) is 22.6 Å². The van der Waals surface area contributed by atoms with E-state index in [1.54, 1.807) is 0 Å². The number of carbonyl (C=O) groups is 1. The first-order valence-electron chi connectivity index (χ1n) is 10.8. The summed E-state index contributed by atoms with van der Waals surface area (Å²) in [5.74, 6) is 1.45. The second-order valence-electron chi connectivity index (χ2n) is 8.36. The molecule has 0 saturated carbocycles. The number of piperidine rings is 1. The average molecular weight is 405 g/mol. The van der Waals surface area contributed by atoms with Crippen molar-refractivity contribution in [3.05, 3.63) is 48.5 Å². The predicted molar refractivity (Wildman–Crippen MR) is 116 cm³/mol. The molecule has 2 aliphatic rings. The van der Waals surface area contributed by atoms with Crippen molar-refractivity contribution in [1.82, 2.24) is 9.88 Å². The van der Waals surface area contributed by atoms with Crippen molar-refractivity contribution in [3.63, 3.8) is 0 Å². The lowest BCUT2D eigenvalue weighted by molar-refractivity contribution is -0.121. The van der Waals surface area contributed by atoms with Gasteiger partial charge in [0.25, 0.3) is 0 Å². The van der Waals surface area contributed by atoms with Crippen LogP contribution in [0.5, 0.6) is 0 Å². The third-order valence-corrected chi connectivity index (χ3v) is 6.19. The maximum absolute atomic E-state index is 12.7. The van der Waals surface area contributed by atoms with E-state index in [2.05, 4.69) is 15.2 Å². The van der Waals surface area contributed by atoms with Gasteiger partial charge in [-0.3, -0.25) is 4.79 Å². The first kappa shape index (κ1) is 19.3. The Labute approximate surface area is 176 Å². The number of oxazole rings is 1. The van der Waals surface area contributed by atoms with Gasteiger partial charge in [-0.2, -0.15) is 0 Å². The number of hydrogen-bond donors (Lipinski definition) is 1. The summed E-state index contributed by atoms with van der Waals surface area (Å²) in [4.78, 5) is 19.7. The van der Waals surface area contributed by atoms with Crippen molar-refractivity contribution >= 4 is 22.7 Å². The van der Waals surface area contributed by atoms with Crippen LogP contribution in [0.4, 0.5) is 5.69 Å². The van der Waals surface area contributed by atoms with Gasteiger partial charge in [-0.05, 0) is 74.7 Å². The van der Waals surface area contributed by atoms with E-state index in [4.69, 9.17) is 9.15 Å². The van der Waals surface area contributed by atoms with Gasteiger partial charge >= 0.3 is 0 Å². The predicted octanol–water partition coefficient (Wildman–Crippen LogP) is 4.18. The van der Waals surface area contributed by atoms with Crippen molar-refractivity contribution in [1.29, 1.82) is 0 Å². The molecule has 5 rings (SSSR count). The zero-order valence-electron chi connectivity index (χ0n) is 17.0. The minimum Gasteiger partial charge on any atom is -0.436 e. The maximum atomic E-state index is 12.7. The van der Waals surface area contributed by atoms with Crippen LogP contribution in [-0.4, -0.2) is 48.6 Å². The van der Waals surface area contributed by atoms with E-state index in [1.165, 1.54) is 6.42 Å². The summed E-state index contributed by atoms with van der Waals surface area (Å²) >= 11 is 0. The van der Waals surface area contributed by atoms with Crippen LogP contribution in [0, 0.1) is 11.8 Å². The van der Waals surface area contributed by atoms with E-state index in [9.17, 15) is 4.79 Å². The van der Waals surface area contributed by atoms with Crippen molar-refractivity contribution < 1.29 is 13.9 Å². The average Bonchev–Trinajstić information content (AvgIpc) is 3.44. The van der Waals surface area contributed by atoms with E-state index < -0.39 is 0 Å². The minimum absolute atomic E-state index is 0.0813. The number of nitrogens with one attached hydrogen (secondary N) is 1. The highest BCUT2D eigenvalue weighted by Crippen LogP contribution is 2.26. The number of benzene rings is 2. The van der Waals surface area contributed by atoms with E-state index in [0.717, 1.165) is 68.0 Å². The zero-order chi connectivity index (χ0) is 20.3. The molecule has 2 saturated heterocycles. The molecular weight excluding hydrogens is 378 g/mol. The lowest BCUT2D eigenvalue weighted by atomic mass is 9.95. The molecule has 156 valence electrons. The molecule has 3 heterocycles. The maximum Gasteiger partial charge on any atom is 0.227 e. The van der Waals surface area contributed by atoms with Gasteiger partial charge in [0.15, 0.2) is 5.58 Å². The van der Waals surface area contributed by atoms with Crippen LogP contribution in [0.3, 0.4) is 0 Å². The molecule has 1 atom stereocenters. The molecule has 6 heteroatoms. The number of hydrogen-bond acceptors (Lipinski definition) is 5. The Morgan fingerprint density at radius 3 is 2.60 bits per heavy atom. The molecule has 3 aromatic rings. The number of rotatable bonds is 5. The van der Waals surface area contributed by atoms with E-state index in [0.29, 0.717) is 11.8 Å². The van der Waals surface area contributed by atoms with Gasteiger partial charge in [0.1, 0.15) is 5.52 Å². The Morgan fingerprint density at radius 2 is 1.87 bits per heavy atom. The van der Waals surface area contributed by atoms with E-state index >= 15 is 0 Å². The Kier molecular flexibility index (Phi) is 5.51. The first-order valence-corrected chi connectivity index (χ1v) is 10.8. The molecule has 1 N–H and O–H groups in total. The largest absolute Gasteiger partial charge is 0.436 e. The molecule has 0 aliphatic carbocycles. The second kappa shape index (κ2) is 8.58. The van der Waals surface area contributed by atoms with Gasteiger partial charge in [-0.1, -0.05) is 12.1 Å². The lowest BCUT2D eigenvalue weighted by Crippen LogP contribution is -2.40. The highest BCUT2D eigenvalue weighted by Gasteiger charge is 2.27. The molecule has 2 aromatic carbocycles. The number of anilines is 1. The zero-order valence-corrected chi connectivity index (χ0v) is 17.0. The van der Waals surface area contributed by atoms with Crippen LogP contribution in [0.15, 0.2) is 52.9 Å². The Morgan fingerprint density at radius 1 is 1.07 bits per heavy atom. The standard InChI is InChI=1S/C24H27N3O3/c28-23(18-9-12-27(13-10-18)15-17-11-14-29-16-17)25-20-7-5-19(6-8-20)24-26-21-3-1-2-4-22(21)30-24/h1-8,17-18H,9-16H2,(H,25,28)/t17-/m1/s1. The van der Waals surface area contributed by atoms with E-state index in [1.807, 2.05) is 48.5 Å². The molecule has 1 aromatic heterocycles. The third kappa shape index (κ3) is 4.25. The summed E-state index contributed by atoms with van der Waals surface area (Å²) in [6, 6.07) is 15.4. The molecule has 6 nitrogen and oxygen atoms in total. The van der Waals surface area contributed by atoms with Crippen LogP contribution in [-0.2, 0) is 9.53 Å². The number of amides is 1. The normalized spacial score (nSPS) is 20.6. The number of carbonyl (C=O) groups excluding carboxylic acids is 1. The summed E-state index contributed by atoms with van der Waals surface area (Å²) in [6.07, 6.45) is 3.00. The topological polar surface area (TPSA) is 67.6 Å². The van der Waals surface area contributed by atoms with Gasteiger partial charge in [0, 0.05) is 30.3 Å². The molecule has 30 heavy (non-hydrogen) atoms. The van der Waals surface area contributed by atoms with Crippen molar-refractivity contribution in [3.8, 4) is 11.5 Å². The SMILES string of the molecule is O=C(Nc1ccc(-c2nc3ccccc3o2)cc1)C1CCN(C[C@H]2CCOC2)CC1. The van der Waals surface area contributed by atoms with Crippen LogP contribution >= 0.6 is 0 Å². The Hall–Kier alpha value is -2.70. The molecule has 0 spiro atoms. The van der Waals surface area contributed by atoms with Crippen LogP contribution < -0.4 is 5.32 Å². The third-order valence-electron chi connectivity index (χ3n) is 6.19. The van der Waals surface area contributed by atoms with Crippen LogP contribution in [0.2, 0.25) is 0 Å². The summed E-state index contributed by atoms with van der Waals surface area (Å²) in [5, 5.41) is 3.08. The van der Waals surface area contributed by atoms with Crippen molar-refractivity contribution in [2.24, 2.45) is 11.8 Å². The number of fused-ring (bicyclic) bond motifs is 1. The quantitative estimate of drug-likeness (QED) is 0.690. The van der Waals surface area contributed by atoms with Gasteiger partial charge in [-0.15, -0.1) is 0 Å². The lowest BCUT2D eigenvalue weighted by Gasteiger charge is -2.32. The van der Waals surface area contributed by atoms with Gasteiger partial charge in [-0.25, -0.2) is 4.98 Å². The van der Waals surface area contributed by atoms with Gasteiger partial charge < -0.3 is 19.4 Å². The van der Waals surface area contributed by atoms with Gasteiger partial charge in [0.05, 0.1) is 6.61 Å². The Balaban J connectivity index is 1.15. The molecule has 1 amide bonds. The molecule has 0 unspecified atom stereocenters. The number of ether oxygens (including phenoxy) is 1. The molecule has 2 aliphatic heterocycles. The Bertz CT molecular complexity index is 967. The first-order chi connectivity index (χ1) is 14.7. The van der Waals surface area contributed by atoms with Crippen molar-refractivity contribution in [2.45, 2.75) is 19.3 Å². The van der Waals surface area contributed by atoms with E-state index in [-0.39, 0.29) is 11.8 Å². The molecule has 2 fully saturated rings. The highest BCUT2D eigenvalue weighted by atomic mass is 16.5. The smallest absolute Gasteiger partial charge is 0.227 e. The summed E-state index contributed by atoms with van der Waals surface area (Å²) in [7, 11) is 0. The fraction of sp³-hybridized carbons (Fsp3) is 0.417. The minimum atomic E-state index is 0.0813. The molecule has 0 bridgehead atoms. The van der Waals surface area contributed by atoms with Crippen LogP contribution in [0.1, 0.15) is 19.3 Å². The molecule has 0 radical (unpaired) electrons. The number of nitrogens with zero attached hydrogens (tertiary/aromatic N) is 2. The van der Waals surface area contributed by atoms with Gasteiger partial charge in [0.2, 0.25) is 11.8 Å². The molecular formula is C24H27N3O3.